The van der Waals surface area contributed by atoms with Crippen molar-refractivity contribution in [1.82, 2.24) is 0 Å². The molecule has 1 N–H and O–H groups in total. The molecule has 0 bridgehead atoms. The molecule has 4 heteroatoms. The smallest absolute Gasteiger partial charge is 0.130 e. The maximum absolute atomic E-state index is 9.13. The Balaban J connectivity index is 3.40. The van der Waals surface area contributed by atoms with Crippen molar-refractivity contribution in [2.45, 2.75) is 0 Å². The van der Waals surface area contributed by atoms with Crippen molar-refractivity contribution in [1.29, 1.82) is 5.26 Å². The highest BCUT2D eigenvalue weighted by atomic mass is 79.9. The molecule has 1 aromatic rings. The van der Waals surface area contributed by atoms with Gasteiger partial charge in [-0.2, -0.15) is 5.26 Å². The standard InChI is InChI=1S/C7H3Br2NO/c8-6-4(3-10)1-2-5(11)7(6)9/h1-2,11H. The van der Waals surface area contributed by atoms with Gasteiger partial charge in [0.15, 0.2) is 0 Å². The lowest BCUT2D eigenvalue weighted by atomic mass is 10.2. The van der Waals surface area contributed by atoms with Crippen LogP contribution < -0.4 is 0 Å². The maximum atomic E-state index is 9.13. The Labute approximate surface area is 80.7 Å². The van der Waals surface area contributed by atoms with E-state index in [0.717, 1.165) is 0 Å². The number of rotatable bonds is 0. The van der Waals surface area contributed by atoms with Crippen LogP contribution in [0.15, 0.2) is 21.1 Å². The van der Waals surface area contributed by atoms with Gasteiger partial charge in [-0.25, -0.2) is 0 Å². The second kappa shape index (κ2) is 3.24. The monoisotopic (exact) mass is 275 g/mol. The normalized spacial score (nSPS) is 9.18. The summed E-state index contributed by atoms with van der Waals surface area (Å²) in [5.41, 5.74) is 0.495. The zero-order chi connectivity index (χ0) is 8.43. The van der Waals surface area contributed by atoms with Crippen LogP contribution in [0.1, 0.15) is 5.56 Å². The van der Waals surface area contributed by atoms with E-state index in [1.165, 1.54) is 6.07 Å². The molecule has 0 aliphatic heterocycles. The van der Waals surface area contributed by atoms with Crippen LogP contribution in [-0.2, 0) is 0 Å². The summed E-state index contributed by atoms with van der Waals surface area (Å²) < 4.78 is 1.09. The lowest BCUT2D eigenvalue weighted by Crippen LogP contribution is -1.78. The fraction of sp³-hybridized carbons (Fsp3) is 0. The van der Waals surface area contributed by atoms with Gasteiger partial charge in [0.25, 0.3) is 0 Å². The summed E-state index contributed by atoms with van der Waals surface area (Å²) in [6, 6.07) is 4.99. The largest absolute Gasteiger partial charge is 0.507 e. The van der Waals surface area contributed by atoms with Crippen molar-refractivity contribution in [3.63, 3.8) is 0 Å². The Bertz CT molecular complexity index is 330. The third-order valence-electron chi connectivity index (χ3n) is 1.18. The molecular formula is C7H3Br2NO. The molecule has 0 radical (unpaired) electrons. The molecule has 0 unspecified atom stereocenters. The molecule has 0 atom stereocenters. The lowest BCUT2D eigenvalue weighted by molar-refractivity contribution is 0.471. The van der Waals surface area contributed by atoms with Gasteiger partial charge in [0, 0.05) is 0 Å². The average molecular weight is 277 g/mol. The van der Waals surface area contributed by atoms with Crippen molar-refractivity contribution in [2.75, 3.05) is 0 Å². The number of halogens is 2. The Morgan fingerprint density at radius 3 is 2.45 bits per heavy atom. The number of aromatic hydroxyl groups is 1. The average Bonchev–Trinajstić information content (AvgIpc) is 2.01. The second-order valence-electron chi connectivity index (χ2n) is 1.87. The molecular weight excluding hydrogens is 274 g/mol. The Morgan fingerprint density at radius 1 is 1.27 bits per heavy atom. The summed E-state index contributed by atoms with van der Waals surface area (Å²) in [6.07, 6.45) is 0. The first-order valence-electron chi connectivity index (χ1n) is 2.74. The summed E-state index contributed by atoms with van der Waals surface area (Å²) in [5.74, 6) is 0.121. The first kappa shape index (κ1) is 8.57. The van der Waals surface area contributed by atoms with E-state index in [0.29, 0.717) is 14.5 Å². The number of hydrogen-bond donors (Lipinski definition) is 1. The zero-order valence-electron chi connectivity index (χ0n) is 5.31. The quantitative estimate of drug-likeness (QED) is 0.792. The summed E-state index contributed by atoms with van der Waals surface area (Å²) >= 11 is 6.28. The van der Waals surface area contributed by atoms with Gasteiger partial charge in [0.05, 0.1) is 14.5 Å². The molecule has 0 aliphatic rings. The molecule has 0 spiro atoms. The third-order valence-corrected chi connectivity index (χ3v) is 3.34. The van der Waals surface area contributed by atoms with Crippen molar-refractivity contribution in [3.05, 3.63) is 26.6 Å². The van der Waals surface area contributed by atoms with Crippen LogP contribution in [0.5, 0.6) is 5.75 Å². The van der Waals surface area contributed by atoms with Crippen molar-refractivity contribution >= 4 is 31.9 Å². The number of phenolic OH excluding ortho intramolecular Hbond substituents is 1. The van der Waals surface area contributed by atoms with Gasteiger partial charge in [-0.15, -0.1) is 0 Å². The minimum Gasteiger partial charge on any atom is -0.507 e. The summed E-state index contributed by atoms with van der Waals surface area (Å²) in [6.45, 7) is 0. The molecule has 56 valence electrons. The number of nitrogens with zero attached hydrogens (tertiary/aromatic N) is 1. The SMILES string of the molecule is N#Cc1ccc(O)c(Br)c1Br. The summed E-state index contributed by atoms with van der Waals surface area (Å²) in [5, 5.41) is 17.7. The van der Waals surface area contributed by atoms with Gasteiger partial charge < -0.3 is 5.11 Å². The van der Waals surface area contributed by atoms with E-state index < -0.39 is 0 Å². The van der Waals surface area contributed by atoms with Crippen LogP contribution in [0.3, 0.4) is 0 Å². The van der Waals surface area contributed by atoms with E-state index in [-0.39, 0.29) is 5.75 Å². The van der Waals surface area contributed by atoms with Gasteiger partial charge >= 0.3 is 0 Å². The maximum Gasteiger partial charge on any atom is 0.130 e. The summed E-state index contributed by atoms with van der Waals surface area (Å²) in [4.78, 5) is 0. The molecule has 11 heavy (non-hydrogen) atoms. The van der Waals surface area contributed by atoms with Crippen LogP contribution >= 0.6 is 31.9 Å². The van der Waals surface area contributed by atoms with Crippen molar-refractivity contribution in [3.8, 4) is 11.8 Å². The van der Waals surface area contributed by atoms with Crippen LogP contribution in [0, 0.1) is 11.3 Å². The predicted octanol–water partition coefficient (Wildman–Crippen LogP) is 2.79. The molecule has 0 amide bonds. The van der Waals surface area contributed by atoms with Crippen LogP contribution in [0.4, 0.5) is 0 Å². The minimum absolute atomic E-state index is 0.121. The van der Waals surface area contributed by atoms with E-state index in [4.69, 9.17) is 10.4 Å². The summed E-state index contributed by atoms with van der Waals surface area (Å²) in [7, 11) is 0. The number of hydrogen-bond acceptors (Lipinski definition) is 2. The fourth-order valence-corrected chi connectivity index (χ4v) is 1.40. The first-order chi connectivity index (χ1) is 5.16. The second-order valence-corrected chi connectivity index (χ2v) is 3.46. The Kier molecular flexibility index (Phi) is 2.53. The minimum atomic E-state index is 0.121. The number of phenols is 1. The molecule has 0 fully saturated rings. The van der Waals surface area contributed by atoms with Gasteiger partial charge in [0.1, 0.15) is 11.8 Å². The molecule has 0 saturated heterocycles. The van der Waals surface area contributed by atoms with E-state index in [1.54, 1.807) is 6.07 Å². The Morgan fingerprint density at radius 2 is 1.91 bits per heavy atom. The van der Waals surface area contributed by atoms with Crippen LogP contribution in [0.25, 0.3) is 0 Å². The lowest BCUT2D eigenvalue weighted by Gasteiger charge is -1.99. The Hall–Kier alpha value is -0.530. The highest BCUT2D eigenvalue weighted by Gasteiger charge is 2.06. The molecule has 2 nitrogen and oxygen atoms in total. The molecule has 1 rings (SSSR count). The fourth-order valence-electron chi connectivity index (χ4n) is 0.626. The van der Waals surface area contributed by atoms with Gasteiger partial charge in [0.2, 0.25) is 0 Å². The molecule has 0 aromatic heterocycles. The molecule has 1 aromatic carbocycles. The van der Waals surface area contributed by atoms with Crippen LogP contribution in [-0.4, -0.2) is 5.11 Å². The zero-order valence-corrected chi connectivity index (χ0v) is 8.48. The van der Waals surface area contributed by atoms with Gasteiger partial charge in [-0.05, 0) is 44.0 Å². The van der Waals surface area contributed by atoms with E-state index >= 15 is 0 Å². The van der Waals surface area contributed by atoms with Crippen molar-refractivity contribution < 1.29 is 5.11 Å². The van der Waals surface area contributed by atoms with Crippen molar-refractivity contribution in [2.24, 2.45) is 0 Å². The number of benzene rings is 1. The highest BCUT2D eigenvalue weighted by Crippen LogP contribution is 2.33. The van der Waals surface area contributed by atoms with E-state index in [1.807, 2.05) is 6.07 Å². The van der Waals surface area contributed by atoms with Gasteiger partial charge in [-0.1, -0.05) is 0 Å². The predicted molar refractivity (Wildman–Crippen MR) is 48.2 cm³/mol. The highest BCUT2D eigenvalue weighted by molar-refractivity contribution is 9.13. The van der Waals surface area contributed by atoms with E-state index in [9.17, 15) is 0 Å². The first-order valence-corrected chi connectivity index (χ1v) is 4.32. The molecule has 0 aliphatic carbocycles. The topological polar surface area (TPSA) is 44.0 Å². The van der Waals surface area contributed by atoms with Crippen LogP contribution in [0.2, 0.25) is 0 Å². The molecule has 0 saturated carbocycles. The molecule has 0 heterocycles. The van der Waals surface area contributed by atoms with E-state index in [2.05, 4.69) is 31.9 Å². The third kappa shape index (κ3) is 1.55. The number of nitriles is 1. The van der Waals surface area contributed by atoms with Gasteiger partial charge in [-0.3, -0.25) is 0 Å².